The van der Waals surface area contributed by atoms with Gasteiger partial charge in [-0.25, -0.2) is 4.98 Å². The van der Waals surface area contributed by atoms with Gasteiger partial charge in [0.25, 0.3) is 0 Å². The second kappa shape index (κ2) is 4.89. The molecule has 1 fully saturated rings. The van der Waals surface area contributed by atoms with Gasteiger partial charge in [-0.05, 0) is 43.4 Å². The Kier molecular flexibility index (Phi) is 3.37. The minimum Gasteiger partial charge on any atom is -0.393 e. The van der Waals surface area contributed by atoms with Gasteiger partial charge in [-0.15, -0.1) is 11.3 Å². The first kappa shape index (κ1) is 13.1. The van der Waals surface area contributed by atoms with Crippen molar-refractivity contribution >= 4 is 39.0 Å². The Labute approximate surface area is 121 Å². The third kappa shape index (κ3) is 2.55. The van der Waals surface area contributed by atoms with E-state index >= 15 is 0 Å². The van der Waals surface area contributed by atoms with Crippen LogP contribution in [0.3, 0.4) is 0 Å². The maximum atomic E-state index is 9.36. The van der Waals surface area contributed by atoms with Crippen LogP contribution in [0.15, 0.2) is 6.07 Å². The molecule has 0 aliphatic heterocycles. The molecule has 1 saturated carbocycles. The molecule has 0 aromatic carbocycles. The summed E-state index contributed by atoms with van der Waals surface area (Å²) in [7, 11) is 2.02. The maximum Gasteiger partial charge on any atom is 0.225 e. The number of hydrogen-bond donors (Lipinski definition) is 1. The van der Waals surface area contributed by atoms with Crippen LogP contribution in [0.4, 0.5) is 5.82 Å². The van der Waals surface area contributed by atoms with Crippen LogP contribution < -0.4 is 4.90 Å². The van der Waals surface area contributed by atoms with Crippen molar-refractivity contribution in [3.63, 3.8) is 0 Å². The Bertz CT molecular complexity index is 609. The Balaban J connectivity index is 1.90. The standard InChI is InChI=1S/C13H16ClN3OS/c1-7-3-10-11(15-13(14)16-12(10)19-7)17(2)6-8-4-9(18)5-8/h3,8-9,18H,4-6H2,1-2H3. The lowest BCUT2D eigenvalue weighted by Crippen LogP contribution is -2.37. The molecule has 2 aromatic heterocycles. The number of thiophene rings is 1. The van der Waals surface area contributed by atoms with E-state index in [0.29, 0.717) is 11.2 Å². The fourth-order valence-corrected chi connectivity index (χ4v) is 3.70. The lowest BCUT2D eigenvalue weighted by molar-refractivity contribution is 0.0464. The summed E-state index contributed by atoms with van der Waals surface area (Å²) in [4.78, 5) is 12.9. The van der Waals surface area contributed by atoms with Gasteiger partial charge in [-0.2, -0.15) is 4.98 Å². The summed E-state index contributed by atoms with van der Waals surface area (Å²) in [6, 6.07) is 2.11. The van der Waals surface area contributed by atoms with Crippen molar-refractivity contribution < 1.29 is 5.11 Å². The molecule has 1 aliphatic carbocycles. The van der Waals surface area contributed by atoms with Crippen molar-refractivity contribution in [2.75, 3.05) is 18.5 Å². The van der Waals surface area contributed by atoms with Gasteiger partial charge >= 0.3 is 0 Å². The first-order valence-electron chi connectivity index (χ1n) is 6.36. The summed E-state index contributed by atoms with van der Waals surface area (Å²) in [6.45, 7) is 2.96. The lowest BCUT2D eigenvalue weighted by Gasteiger charge is -2.34. The van der Waals surface area contributed by atoms with Gasteiger partial charge in [-0.1, -0.05) is 0 Å². The average molecular weight is 298 g/mol. The first-order chi connectivity index (χ1) is 9.02. The second-order valence-electron chi connectivity index (χ2n) is 5.26. The quantitative estimate of drug-likeness (QED) is 0.885. The molecular formula is C13H16ClN3OS. The number of hydrogen-bond acceptors (Lipinski definition) is 5. The van der Waals surface area contributed by atoms with Crippen LogP contribution in [0.5, 0.6) is 0 Å². The number of fused-ring (bicyclic) bond motifs is 1. The van der Waals surface area contributed by atoms with Crippen molar-refractivity contribution in [2.45, 2.75) is 25.9 Å². The van der Waals surface area contributed by atoms with E-state index in [1.54, 1.807) is 11.3 Å². The summed E-state index contributed by atoms with van der Waals surface area (Å²) in [5, 5.41) is 10.7. The molecule has 6 heteroatoms. The van der Waals surface area contributed by atoms with Crippen LogP contribution in [0.25, 0.3) is 10.2 Å². The Morgan fingerprint density at radius 2 is 2.21 bits per heavy atom. The molecule has 3 rings (SSSR count). The van der Waals surface area contributed by atoms with Crippen molar-refractivity contribution in [1.82, 2.24) is 9.97 Å². The zero-order chi connectivity index (χ0) is 13.6. The highest BCUT2D eigenvalue weighted by Gasteiger charge is 2.28. The summed E-state index contributed by atoms with van der Waals surface area (Å²) in [5.41, 5.74) is 0. The number of nitrogens with zero attached hydrogens (tertiary/aromatic N) is 3. The molecule has 0 amide bonds. The molecule has 4 nitrogen and oxygen atoms in total. The number of halogens is 1. The Morgan fingerprint density at radius 1 is 1.47 bits per heavy atom. The van der Waals surface area contributed by atoms with Crippen LogP contribution in [-0.2, 0) is 0 Å². The highest BCUT2D eigenvalue weighted by Crippen LogP contribution is 2.33. The van der Waals surface area contributed by atoms with Gasteiger partial charge in [0.1, 0.15) is 10.6 Å². The predicted molar refractivity (Wildman–Crippen MR) is 79.2 cm³/mol. The largest absolute Gasteiger partial charge is 0.393 e. The minimum atomic E-state index is -0.115. The molecule has 0 bridgehead atoms. The topological polar surface area (TPSA) is 49.2 Å². The van der Waals surface area contributed by atoms with Crippen molar-refractivity contribution in [3.8, 4) is 0 Å². The highest BCUT2D eigenvalue weighted by atomic mass is 35.5. The smallest absolute Gasteiger partial charge is 0.225 e. The van der Waals surface area contributed by atoms with Gasteiger partial charge in [0.05, 0.1) is 11.5 Å². The minimum absolute atomic E-state index is 0.115. The highest BCUT2D eigenvalue weighted by molar-refractivity contribution is 7.18. The number of aliphatic hydroxyl groups is 1. The third-order valence-electron chi connectivity index (χ3n) is 3.57. The maximum absolute atomic E-state index is 9.36. The number of rotatable bonds is 3. The predicted octanol–water partition coefficient (Wildman–Crippen LogP) is 2.86. The number of aromatic nitrogens is 2. The molecule has 2 aromatic rings. The summed E-state index contributed by atoms with van der Waals surface area (Å²) < 4.78 is 0. The van der Waals surface area contributed by atoms with Crippen LogP contribution in [0, 0.1) is 12.8 Å². The van der Waals surface area contributed by atoms with Gasteiger partial charge in [0.2, 0.25) is 5.28 Å². The Hall–Kier alpha value is -0.910. The molecule has 0 unspecified atom stereocenters. The van der Waals surface area contributed by atoms with E-state index in [1.807, 2.05) is 7.05 Å². The van der Waals surface area contributed by atoms with Gasteiger partial charge in [0.15, 0.2) is 0 Å². The van der Waals surface area contributed by atoms with Crippen LogP contribution in [-0.4, -0.2) is 34.8 Å². The molecule has 2 heterocycles. The van der Waals surface area contributed by atoms with E-state index in [9.17, 15) is 5.11 Å². The normalized spacial score (nSPS) is 22.5. The molecule has 1 N–H and O–H groups in total. The number of anilines is 1. The third-order valence-corrected chi connectivity index (χ3v) is 4.69. The van der Waals surface area contributed by atoms with Crippen molar-refractivity contribution in [3.05, 3.63) is 16.2 Å². The zero-order valence-electron chi connectivity index (χ0n) is 10.9. The van der Waals surface area contributed by atoms with Gasteiger partial charge in [-0.3, -0.25) is 0 Å². The van der Waals surface area contributed by atoms with E-state index in [2.05, 4.69) is 27.9 Å². The molecule has 0 atom stereocenters. The van der Waals surface area contributed by atoms with Crippen LogP contribution in [0.2, 0.25) is 5.28 Å². The molecule has 19 heavy (non-hydrogen) atoms. The zero-order valence-corrected chi connectivity index (χ0v) is 12.5. The second-order valence-corrected chi connectivity index (χ2v) is 6.84. The van der Waals surface area contributed by atoms with Gasteiger partial charge < -0.3 is 10.0 Å². The molecule has 102 valence electrons. The van der Waals surface area contributed by atoms with Crippen LogP contribution in [0.1, 0.15) is 17.7 Å². The molecule has 1 aliphatic rings. The van der Waals surface area contributed by atoms with E-state index in [0.717, 1.165) is 35.4 Å². The van der Waals surface area contributed by atoms with E-state index < -0.39 is 0 Å². The fourth-order valence-electron chi connectivity index (χ4n) is 2.62. The van der Waals surface area contributed by atoms with Crippen molar-refractivity contribution in [1.29, 1.82) is 0 Å². The molecule has 0 radical (unpaired) electrons. The number of aryl methyl sites for hydroxylation is 1. The monoisotopic (exact) mass is 297 g/mol. The first-order valence-corrected chi connectivity index (χ1v) is 7.55. The molecule has 0 saturated heterocycles. The summed E-state index contributed by atoms with van der Waals surface area (Å²) in [5.74, 6) is 1.43. The SMILES string of the molecule is Cc1cc2c(N(C)CC3CC(O)C3)nc(Cl)nc2s1. The van der Waals surface area contributed by atoms with E-state index in [4.69, 9.17) is 11.6 Å². The summed E-state index contributed by atoms with van der Waals surface area (Å²) in [6.07, 6.45) is 1.65. The average Bonchev–Trinajstić information content (AvgIpc) is 2.65. The van der Waals surface area contributed by atoms with Gasteiger partial charge in [0, 0.05) is 18.5 Å². The molecular weight excluding hydrogens is 282 g/mol. The summed E-state index contributed by atoms with van der Waals surface area (Å²) >= 11 is 7.64. The van der Waals surface area contributed by atoms with E-state index in [1.165, 1.54) is 4.88 Å². The Morgan fingerprint density at radius 3 is 2.89 bits per heavy atom. The van der Waals surface area contributed by atoms with E-state index in [-0.39, 0.29) is 6.10 Å². The molecule has 0 spiro atoms. The fraction of sp³-hybridized carbons (Fsp3) is 0.538. The van der Waals surface area contributed by atoms with Crippen LogP contribution >= 0.6 is 22.9 Å². The lowest BCUT2D eigenvalue weighted by atomic mass is 9.82. The number of aliphatic hydroxyl groups excluding tert-OH is 1. The van der Waals surface area contributed by atoms with Crippen molar-refractivity contribution in [2.24, 2.45) is 5.92 Å².